The number of hydrogen-bond donors (Lipinski definition) is 0. The Morgan fingerprint density at radius 3 is 2.65 bits per heavy atom. The number of benzene rings is 2. The van der Waals surface area contributed by atoms with Crippen LogP contribution in [0.15, 0.2) is 59.2 Å². The number of rotatable bonds is 6. The fourth-order valence-electron chi connectivity index (χ4n) is 3.69. The number of amidine groups is 1. The van der Waals surface area contributed by atoms with E-state index in [-0.39, 0.29) is 23.7 Å². The summed E-state index contributed by atoms with van der Waals surface area (Å²) in [6.45, 7) is 3.61. The van der Waals surface area contributed by atoms with Crippen molar-refractivity contribution in [2.75, 3.05) is 44.6 Å². The van der Waals surface area contributed by atoms with E-state index in [1.807, 2.05) is 49.4 Å². The highest BCUT2D eigenvalue weighted by atomic mass is 32.2. The van der Waals surface area contributed by atoms with E-state index in [0.717, 1.165) is 11.3 Å². The molecule has 1 saturated heterocycles. The molecule has 1 fully saturated rings. The Kier molecular flexibility index (Phi) is 7.54. The molecule has 9 heteroatoms. The number of amides is 2. The van der Waals surface area contributed by atoms with Crippen molar-refractivity contribution in [1.82, 2.24) is 4.90 Å². The van der Waals surface area contributed by atoms with Crippen molar-refractivity contribution in [1.29, 1.82) is 0 Å². The lowest BCUT2D eigenvalue weighted by molar-refractivity contribution is -0.135. The molecular formula is C25H27N3O5S. The maximum absolute atomic E-state index is 13.4. The summed E-state index contributed by atoms with van der Waals surface area (Å²) in [5.74, 6) is 1.26. The van der Waals surface area contributed by atoms with Crippen LogP contribution in [0.1, 0.15) is 12.5 Å². The molecule has 1 unspecified atom stereocenters. The van der Waals surface area contributed by atoms with Crippen LogP contribution in [-0.2, 0) is 14.3 Å². The number of ether oxygens (including phenoxy) is 3. The van der Waals surface area contributed by atoms with E-state index in [2.05, 4.69) is 4.99 Å². The first kappa shape index (κ1) is 23.8. The number of nitrogens with zero attached hydrogens (tertiary/aromatic N) is 3. The van der Waals surface area contributed by atoms with Crippen LogP contribution in [0.3, 0.4) is 0 Å². The lowest BCUT2D eigenvalue weighted by Gasteiger charge is -2.31. The molecule has 2 aliphatic rings. The van der Waals surface area contributed by atoms with Gasteiger partial charge < -0.3 is 19.1 Å². The molecule has 1 atom stereocenters. The van der Waals surface area contributed by atoms with E-state index in [1.54, 1.807) is 31.3 Å². The summed E-state index contributed by atoms with van der Waals surface area (Å²) in [4.78, 5) is 34.1. The van der Waals surface area contributed by atoms with E-state index < -0.39 is 0 Å². The van der Waals surface area contributed by atoms with Crippen LogP contribution in [-0.4, -0.2) is 67.7 Å². The van der Waals surface area contributed by atoms with Crippen molar-refractivity contribution < 1.29 is 23.8 Å². The van der Waals surface area contributed by atoms with Crippen molar-refractivity contribution in [3.05, 3.63) is 59.8 Å². The lowest BCUT2D eigenvalue weighted by atomic mass is 10.2. The zero-order chi connectivity index (χ0) is 24.1. The third kappa shape index (κ3) is 5.43. The normalized spacial score (nSPS) is 19.4. The Labute approximate surface area is 203 Å². The summed E-state index contributed by atoms with van der Waals surface area (Å²) in [5, 5.41) is 0.452. The van der Waals surface area contributed by atoms with Crippen molar-refractivity contribution in [2.45, 2.75) is 13.0 Å². The zero-order valence-electron chi connectivity index (χ0n) is 19.4. The van der Waals surface area contributed by atoms with Gasteiger partial charge in [0.25, 0.3) is 5.91 Å². The van der Waals surface area contributed by atoms with Crippen molar-refractivity contribution in [2.24, 2.45) is 4.99 Å². The number of morpholine rings is 1. The topological polar surface area (TPSA) is 80.7 Å². The highest BCUT2D eigenvalue weighted by Crippen LogP contribution is 2.31. The van der Waals surface area contributed by atoms with Crippen molar-refractivity contribution in [3.63, 3.8) is 0 Å². The van der Waals surface area contributed by atoms with Gasteiger partial charge in [-0.2, -0.15) is 0 Å². The van der Waals surface area contributed by atoms with Gasteiger partial charge in [-0.1, -0.05) is 30.0 Å². The molecule has 2 heterocycles. The summed E-state index contributed by atoms with van der Waals surface area (Å²) in [6.07, 6.45) is 1.74. The van der Waals surface area contributed by atoms with Crippen LogP contribution < -0.4 is 14.4 Å². The van der Waals surface area contributed by atoms with Crippen LogP contribution >= 0.6 is 11.8 Å². The smallest absolute Gasteiger partial charge is 0.283 e. The van der Waals surface area contributed by atoms with Crippen LogP contribution in [0.4, 0.5) is 5.69 Å². The fraction of sp³-hybridized carbons (Fsp3) is 0.320. The molecule has 34 heavy (non-hydrogen) atoms. The fourth-order valence-corrected chi connectivity index (χ4v) is 4.61. The van der Waals surface area contributed by atoms with E-state index in [4.69, 9.17) is 14.2 Å². The highest BCUT2D eigenvalue weighted by molar-refractivity contribution is 8.14. The van der Waals surface area contributed by atoms with Gasteiger partial charge in [-0.05, 0) is 42.8 Å². The molecule has 0 saturated carbocycles. The molecule has 0 radical (unpaired) electrons. The second-order valence-corrected chi connectivity index (χ2v) is 8.79. The van der Waals surface area contributed by atoms with Crippen LogP contribution in [0.25, 0.3) is 6.08 Å². The first-order chi connectivity index (χ1) is 16.5. The molecule has 0 bridgehead atoms. The average Bonchev–Trinajstić information content (AvgIpc) is 3.17. The van der Waals surface area contributed by atoms with E-state index >= 15 is 0 Å². The summed E-state index contributed by atoms with van der Waals surface area (Å²) in [5.41, 5.74) is 1.74. The van der Waals surface area contributed by atoms with Crippen LogP contribution in [0, 0.1) is 0 Å². The number of methoxy groups -OCH3 is 2. The van der Waals surface area contributed by atoms with Crippen LogP contribution in [0.2, 0.25) is 0 Å². The SMILES string of the molecule is COc1ccc(/C=C2\N=C(SCC(=O)N3CCOC(C)C3)N(c3cccc(OC)c3)C2=O)cc1. The minimum absolute atomic E-state index is 0.00604. The summed E-state index contributed by atoms with van der Waals surface area (Å²) in [7, 11) is 3.18. The third-order valence-corrected chi connectivity index (χ3v) is 6.40. The first-order valence-electron chi connectivity index (χ1n) is 10.9. The molecule has 2 aromatic carbocycles. The largest absolute Gasteiger partial charge is 0.497 e. The Hall–Kier alpha value is -3.30. The Balaban J connectivity index is 1.59. The zero-order valence-corrected chi connectivity index (χ0v) is 20.2. The molecule has 2 amide bonds. The van der Waals surface area contributed by atoms with Gasteiger partial charge in [0.05, 0.1) is 38.4 Å². The molecular weight excluding hydrogens is 454 g/mol. The molecule has 178 valence electrons. The molecule has 0 N–H and O–H groups in total. The first-order valence-corrected chi connectivity index (χ1v) is 11.9. The van der Waals surface area contributed by atoms with Gasteiger partial charge in [0.1, 0.15) is 17.2 Å². The minimum Gasteiger partial charge on any atom is -0.497 e. The third-order valence-electron chi connectivity index (χ3n) is 5.48. The molecule has 8 nitrogen and oxygen atoms in total. The van der Waals surface area contributed by atoms with Gasteiger partial charge in [-0.3, -0.25) is 14.5 Å². The number of aliphatic imine (C=N–C) groups is 1. The van der Waals surface area contributed by atoms with Gasteiger partial charge in [-0.15, -0.1) is 0 Å². The maximum Gasteiger partial charge on any atom is 0.283 e. The predicted octanol–water partition coefficient (Wildman–Crippen LogP) is 3.43. The molecule has 0 aliphatic carbocycles. The Morgan fingerprint density at radius 2 is 1.94 bits per heavy atom. The maximum atomic E-state index is 13.4. The van der Waals surface area contributed by atoms with Crippen LogP contribution in [0.5, 0.6) is 11.5 Å². The number of carbonyl (C=O) groups excluding carboxylic acids is 2. The highest BCUT2D eigenvalue weighted by Gasteiger charge is 2.33. The standard InChI is InChI=1S/C25H27N3O5S/c1-17-15-27(11-12-33-17)23(29)16-34-25-26-22(13-18-7-9-20(31-2)10-8-18)24(30)28(25)19-5-4-6-21(14-19)32-3/h4-10,13-14,17H,11-12,15-16H2,1-3H3/b22-13-. The molecule has 4 rings (SSSR count). The van der Waals surface area contributed by atoms with Crippen molar-refractivity contribution in [3.8, 4) is 11.5 Å². The van der Waals surface area contributed by atoms with E-state index in [9.17, 15) is 9.59 Å². The van der Waals surface area contributed by atoms with Gasteiger partial charge in [0.15, 0.2) is 5.17 Å². The van der Waals surface area contributed by atoms with Gasteiger partial charge in [0.2, 0.25) is 5.91 Å². The average molecular weight is 482 g/mol. The number of thioether (sulfide) groups is 1. The number of hydrogen-bond acceptors (Lipinski definition) is 7. The number of carbonyl (C=O) groups is 2. The number of anilines is 1. The van der Waals surface area contributed by atoms with Gasteiger partial charge >= 0.3 is 0 Å². The molecule has 2 aliphatic heterocycles. The predicted molar refractivity (Wildman–Crippen MR) is 133 cm³/mol. The Morgan fingerprint density at radius 1 is 1.18 bits per heavy atom. The molecule has 0 aromatic heterocycles. The second kappa shape index (κ2) is 10.8. The molecule has 2 aromatic rings. The van der Waals surface area contributed by atoms with E-state index in [0.29, 0.717) is 42.0 Å². The monoisotopic (exact) mass is 481 g/mol. The minimum atomic E-state index is -0.265. The summed E-state index contributed by atoms with van der Waals surface area (Å²) in [6, 6.07) is 14.6. The van der Waals surface area contributed by atoms with Gasteiger partial charge in [-0.25, -0.2) is 4.99 Å². The summed E-state index contributed by atoms with van der Waals surface area (Å²) < 4.78 is 16.1. The quantitative estimate of drug-likeness (QED) is 0.588. The Bertz CT molecular complexity index is 1120. The van der Waals surface area contributed by atoms with E-state index in [1.165, 1.54) is 16.7 Å². The molecule has 0 spiro atoms. The summed E-state index contributed by atoms with van der Waals surface area (Å²) >= 11 is 1.25. The second-order valence-electron chi connectivity index (χ2n) is 7.85. The lowest BCUT2D eigenvalue weighted by Crippen LogP contribution is -2.45. The van der Waals surface area contributed by atoms with Gasteiger partial charge in [0, 0.05) is 19.2 Å². The van der Waals surface area contributed by atoms with Crippen molar-refractivity contribution >= 4 is 40.5 Å².